The van der Waals surface area contributed by atoms with E-state index in [9.17, 15) is 18.0 Å². The Morgan fingerprint density at radius 3 is 2.71 bits per heavy atom. The molecular formula is C14H17F3N2O2. The van der Waals surface area contributed by atoms with Crippen LogP contribution >= 0.6 is 0 Å². The molecule has 0 radical (unpaired) electrons. The maximum Gasteiger partial charge on any atom is 0.433 e. The van der Waals surface area contributed by atoms with Crippen molar-refractivity contribution in [1.29, 1.82) is 0 Å². The van der Waals surface area contributed by atoms with Gasteiger partial charge in [-0.2, -0.15) is 13.2 Å². The average molecular weight is 302 g/mol. The number of halogens is 3. The largest absolute Gasteiger partial charge is 0.484 e. The van der Waals surface area contributed by atoms with Gasteiger partial charge in [0.1, 0.15) is 11.4 Å². The van der Waals surface area contributed by atoms with Gasteiger partial charge >= 0.3 is 6.18 Å². The van der Waals surface area contributed by atoms with E-state index in [1.807, 2.05) is 0 Å². The Hall–Kier alpha value is -1.79. The Kier molecular flexibility index (Phi) is 4.69. The molecule has 1 aliphatic heterocycles. The number of carbonyl (C=O) groups excluding carboxylic acids is 1. The van der Waals surface area contributed by atoms with Crippen LogP contribution in [0.4, 0.5) is 13.2 Å². The zero-order valence-corrected chi connectivity index (χ0v) is 11.7. The van der Waals surface area contributed by atoms with Crippen molar-refractivity contribution < 1.29 is 22.7 Å². The van der Waals surface area contributed by atoms with Gasteiger partial charge in [0.2, 0.25) is 0 Å². The highest BCUT2D eigenvalue weighted by Gasteiger charge is 2.32. The Morgan fingerprint density at radius 2 is 2.10 bits per heavy atom. The predicted octanol–water partition coefficient (Wildman–Crippen LogP) is 2.74. The van der Waals surface area contributed by atoms with Crippen LogP contribution in [0.15, 0.2) is 18.3 Å². The van der Waals surface area contributed by atoms with E-state index in [2.05, 4.69) is 11.9 Å². The Morgan fingerprint density at radius 1 is 1.43 bits per heavy atom. The summed E-state index contributed by atoms with van der Waals surface area (Å²) in [6.07, 6.45) is -1.62. The fraction of sp³-hybridized carbons (Fsp3) is 0.571. The van der Waals surface area contributed by atoms with Gasteiger partial charge in [-0.3, -0.25) is 9.78 Å². The van der Waals surface area contributed by atoms with Crippen molar-refractivity contribution in [2.24, 2.45) is 5.92 Å². The fourth-order valence-corrected chi connectivity index (χ4v) is 2.15. The van der Waals surface area contributed by atoms with Gasteiger partial charge in [0.25, 0.3) is 5.91 Å². The molecule has 1 saturated heterocycles. The molecule has 0 atom stereocenters. The lowest BCUT2D eigenvalue weighted by Crippen LogP contribution is -2.40. The minimum absolute atomic E-state index is 0.00366. The molecule has 1 aromatic heterocycles. The molecule has 2 heterocycles. The number of hydrogen-bond acceptors (Lipinski definition) is 3. The SMILES string of the molecule is CC1CCN(C(=O)COc2ccnc(C(F)(F)F)c2)CC1. The van der Waals surface area contributed by atoms with Crippen molar-refractivity contribution in [3.63, 3.8) is 0 Å². The van der Waals surface area contributed by atoms with Gasteiger partial charge in [0.15, 0.2) is 6.61 Å². The van der Waals surface area contributed by atoms with Crippen LogP contribution in [0.5, 0.6) is 5.75 Å². The number of alkyl halides is 3. The molecule has 4 nitrogen and oxygen atoms in total. The smallest absolute Gasteiger partial charge is 0.433 e. The van der Waals surface area contributed by atoms with Crippen molar-refractivity contribution in [2.75, 3.05) is 19.7 Å². The quantitative estimate of drug-likeness (QED) is 0.862. The number of ether oxygens (including phenoxy) is 1. The second-order valence-electron chi connectivity index (χ2n) is 5.23. The van der Waals surface area contributed by atoms with E-state index in [-0.39, 0.29) is 18.3 Å². The summed E-state index contributed by atoms with van der Waals surface area (Å²) in [7, 11) is 0. The molecule has 1 fully saturated rings. The van der Waals surface area contributed by atoms with E-state index in [4.69, 9.17) is 4.74 Å². The molecule has 1 amide bonds. The maximum atomic E-state index is 12.5. The lowest BCUT2D eigenvalue weighted by Gasteiger charge is -2.30. The van der Waals surface area contributed by atoms with Crippen molar-refractivity contribution in [3.8, 4) is 5.75 Å². The van der Waals surface area contributed by atoms with Crippen LogP contribution in [0.25, 0.3) is 0 Å². The highest BCUT2D eigenvalue weighted by Crippen LogP contribution is 2.29. The summed E-state index contributed by atoms with van der Waals surface area (Å²) in [5.41, 5.74) is -1.03. The number of aromatic nitrogens is 1. The predicted molar refractivity (Wildman–Crippen MR) is 69.7 cm³/mol. The van der Waals surface area contributed by atoms with E-state index in [1.165, 1.54) is 6.07 Å². The van der Waals surface area contributed by atoms with Gasteiger partial charge in [-0.15, -0.1) is 0 Å². The summed E-state index contributed by atoms with van der Waals surface area (Å²) in [5.74, 6) is 0.396. The van der Waals surface area contributed by atoms with Gasteiger partial charge in [-0.1, -0.05) is 6.92 Å². The molecule has 116 valence electrons. The van der Waals surface area contributed by atoms with Crippen LogP contribution in [0.2, 0.25) is 0 Å². The van der Waals surface area contributed by atoms with Crippen LogP contribution in [0.3, 0.4) is 0 Å². The molecule has 0 N–H and O–H groups in total. The number of piperidine rings is 1. The van der Waals surface area contributed by atoms with Gasteiger partial charge in [-0.05, 0) is 24.8 Å². The first kappa shape index (κ1) is 15.6. The normalized spacial score (nSPS) is 16.9. The van der Waals surface area contributed by atoms with Crippen molar-refractivity contribution >= 4 is 5.91 Å². The topological polar surface area (TPSA) is 42.4 Å². The first-order valence-electron chi connectivity index (χ1n) is 6.80. The number of rotatable bonds is 3. The number of amides is 1. The number of pyridine rings is 1. The third-order valence-corrected chi connectivity index (χ3v) is 3.52. The number of hydrogen-bond donors (Lipinski definition) is 0. The lowest BCUT2D eigenvalue weighted by molar-refractivity contribution is -0.141. The molecule has 0 aliphatic carbocycles. The van der Waals surface area contributed by atoms with Crippen molar-refractivity contribution in [2.45, 2.75) is 25.9 Å². The Labute approximate surface area is 120 Å². The van der Waals surface area contributed by atoms with Crippen LogP contribution in [-0.4, -0.2) is 35.5 Å². The molecule has 1 aliphatic rings. The highest BCUT2D eigenvalue weighted by molar-refractivity contribution is 5.77. The summed E-state index contributed by atoms with van der Waals surface area (Å²) < 4.78 is 42.7. The van der Waals surface area contributed by atoms with Crippen LogP contribution in [0, 0.1) is 5.92 Å². The van der Waals surface area contributed by atoms with Crippen LogP contribution in [0.1, 0.15) is 25.5 Å². The van der Waals surface area contributed by atoms with Gasteiger partial charge in [0, 0.05) is 25.4 Å². The molecule has 0 saturated carbocycles. The van der Waals surface area contributed by atoms with Gasteiger partial charge < -0.3 is 9.64 Å². The highest BCUT2D eigenvalue weighted by atomic mass is 19.4. The van der Waals surface area contributed by atoms with E-state index in [1.54, 1.807) is 4.90 Å². The standard InChI is InChI=1S/C14H17F3N2O2/c1-10-3-6-19(7-4-10)13(20)9-21-11-2-5-18-12(8-11)14(15,16)17/h2,5,8,10H,3-4,6-7,9H2,1H3. The Balaban J connectivity index is 1.89. The zero-order chi connectivity index (χ0) is 15.5. The minimum atomic E-state index is -4.52. The Bertz CT molecular complexity index is 497. The monoisotopic (exact) mass is 302 g/mol. The molecular weight excluding hydrogens is 285 g/mol. The molecule has 0 spiro atoms. The van der Waals surface area contributed by atoms with Crippen molar-refractivity contribution in [1.82, 2.24) is 9.88 Å². The van der Waals surface area contributed by atoms with Crippen molar-refractivity contribution in [3.05, 3.63) is 24.0 Å². The summed E-state index contributed by atoms with van der Waals surface area (Å²) in [5, 5.41) is 0. The molecule has 7 heteroatoms. The number of nitrogens with zero attached hydrogens (tertiary/aromatic N) is 2. The van der Waals surface area contributed by atoms with E-state index in [0.717, 1.165) is 25.1 Å². The first-order chi connectivity index (χ1) is 9.86. The van der Waals surface area contributed by atoms with Crippen LogP contribution < -0.4 is 4.74 Å². The van der Waals surface area contributed by atoms with Gasteiger partial charge in [-0.25, -0.2) is 0 Å². The van der Waals surface area contributed by atoms with E-state index in [0.29, 0.717) is 19.0 Å². The van der Waals surface area contributed by atoms with Crippen LogP contribution in [-0.2, 0) is 11.0 Å². The van der Waals surface area contributed by atoms with Gasteiger partial charge in [0.05, 0.1) is 0 Å². The first-order valence-corrected chi connectivity index (χ1v) is 6.80. The molecule has 21 heavy (non-hydrogen) atoms. The fourth-order valence-electron chi connectivity index (χ4n) is 2.15. The number of likely N-dealkylation sites (tertiary alicyclic amines) is 1. The second-order valence-corrected chi connectivity index (χ2v) is 5.23. The van der Waals surface area contributed by atoms with E-state index >= 15 is 0 Å². The summed E-state index contributed by atoms with van der Waals surface area (Å²) in [4.78, 5) is 16.8. The van der Waals surface area contributed by atoms with E-state index < -0.39 is 11.9 Å². The molecule has 0 bridgehead atoms. The maximum absolute atomic E-state index is 12.5. The third-order valence-electron chi connectivity index (χ3n) is 3.52. The zero-order valence-electron chi connectivity index (χ0n) is 11.7. The second kappa shape index (κ2) is 6.32. The summed E-state index contributed by atoms with van der Waals surface area (Å²) in [6, 6.07) is 2.10. The third kappa shape index (κ3) is 4.34. The number of carbonyl (C=O) groups is 1. The lowest BCUT2D eigenvalue weighted by atomic mass is 9.99. The average Bonchev–Trinajstić information content (AvgIpc) is 2.45. The molecule has 1 aromatic rings. The minimum Gasteiger partial charge on any atom is -0.484 e. The summed E-state index contributed by atoms with van der Waals surface area (Å²) in [6.45, 7) is 3.23. The summed E-state index contributed by atoms with van der Waals surface area (Å²) >= 11 is 0. The molecule has 0 aromatic carbocycles. The molecule has 0 unspecified atom stereocenters. The molecule has 2 rings (SSSR count).